The number of carbonyl (C=O) groups is 1. The van der Waals surface area contributed by atoms with Crippen molar-refractivity contribution < 1.29 is 14.3 Å². The third kappa shape index (κ3) is 3.17. The summed E-state index contributed by atoms with van der Waals surface area (Å²) in [7, 11) is 0. The van der Waals surface area contributed by atoms with Crippen LogP contribution in [0.2, 0.25) is 0 Å². The molecule has 0 unspecified atom stereocenters. The van der Waals surface area contributed by atoms with E-state index in [9.17, 15) is 14.3 Å². The quantitative estimate of drug-likeness (QED) is 0.840. The first-order chi connectivity index (χ1) is 10.5. The van der Waals surface area contributed by atoms with Crippen LogP contribution in [0.1, 0.15) is 56.9 Å². The minimum atomic E-state index is -0.759. The predicted molar refractivity (Wildman–Crippen MR) is 83.0 cm³/mol. The van der Waals surface area contributed by atoms with Crippen molar-refractivity contribution in [1.82, 2.24) is 5.32 Å². The van der Waals surface area contributed by atoms with E-state index in [0.717, 1.165) is 56.9 Å². The molecule has 2 fully saturated rings. The van der Waals surface area contributed by atoms with Gasteiger partial charge in [-0.2, -0.15) is 0 Å². The van der Waals surface area contributed by atoms with Crippen LogP contribution in [0.5, 0.6) is 0 Å². The molecule has 0 bridgehead atoms. The van der Waals surface area contributed by atoms with E-state index in [1.165, 1.54) is 12.1 Å². The second kappa shape index (κ2) is 5.99. The lowest BCUT2D eigenvalue weighted by Gasteiger charge is -2.28. The van der Waals surface area contributed by atoms with Crippen molar-refractivity contribution in [3.05, 3.63) is 35.6 Å². The fraction of sp³-hybridized carbons (Fsp3) is 0.611. The van der Waals surface area contributed by atoms with E-state index in [0.29, 0.717) is 6.54 Å². The molecule has 0 radical (unpaired) electrons. The summed E-state index contributed by atoms with van der Waals surface area (Å²) in [6.07, 6.45) is 7.48. The van der Waals surface area contributed by atoms with Gasteiger partial charge in [0.1, 0.15) is 5.82 Å². The largest absolute Gasteiger partial charge is 0.388 e. The average molecular weight is 305 g/mol. The van der Waals surface area contributed by atoms with Crippen LogP contribution in [0.3, 0.4) is 0 Å². The second-order valence-corrected chi connectivity index (χ2v) is 6.91. The number of nitrogens with one attached hydrogen (secondary N) is 1. The topological polar surface area (TPSA) is 49.3 Å². The number of rotatable bonds is 4. The van der Waals surface area contributed by atoms with Gasteiger partial charge in [-0.25, -0.2) is 4.39 Å². The molecule has 0 aromatic heterocycles. The zero-order chi connectivity index (χ0) is 15.6. The third-order valence-electron chi connectivity index (χ3n) is 5.19. The average Bonchev–Trinajstić information content (AvgIpc) is 3.32. The van der Waals surface area contributed by atoms with Crippen molar-refractivity contribution in [2.45, 2.75) is 62.4 Å². The van der Waals surface area contributed by atoms with E-state index in [1.54, 1.807) is 12.1 Å². The molecule has 1 amide bonds. The summed E-state index contributed by atoms with van der Waals surface area (Å²) in [5.74, 6) is -0.315. The zero-order valence-electron chi connectivity index (χ0n) is 12.9. The monoisotopic (exact) mass is 305 g/mol. The minimum absolute atomic E-state index is 0.0308. The van der Waals surface area contributed by atoms with Gasteiger partial charge in [-0.3, -0.25) is 4.79 Å². The molecular formula is C18H24FNO2. The summed E-state index contributed by atoms with van der Waals surface area (Å²) in [5.41, 5.74) is -0.390. The molecule has 120 valence electrons. The fourth-order valence-electron chi connectivity index (χ4n) is 3.52. The number of hydrogen-bond acceptors (Lipinski definition) is 2. The van der Waals surface area contributed by atoms with Crippen LogP contribution in [0.4, 0.5) is 4.39 Å². The van der Waals surface area contributed by atoms with Crippen LogP contribution in [0.15, 0.2) is 24.3 Å². The number of hydrogen-bond donors (Lipinski definition) is 2. The molecule has 2 N–H and O–H groups in total. The van der Waals surface area contributed by atoms with Gasteiger partial charge in [-0.05, 0) is 43.4 Å². The Morgan fingerprint density at radius 2 is 1.64 bits per heavy atom. The maximum absolute atomic E-state index is 13.0. The molecule has 2 aliphatic rings. The first-order valence-corrected chi connectivity index (χ1v) is 8.31. The summed E-state index contributed by atoms with van der Waals surface area (Å²) < 4.78 is 13.0. The lowest BCUT2D eigenvalue weighted by molar-refractivity contribution is -0.125. The summed E-state index contributed by atoms with van der Waals surface area (Å²) >= 11 is 0. The van der Waals surface area contributed by atoms with Gasteiger partial charge in [-0.1, -0.05) is 37.8 Å². The van der Waals surface area contributed by atoms with Crippen LogP contribution < -0.4 is 5.32 Å². The number of amides is 1. The zero-order valence-corrected chi connectivity index (χ0v) is 12.9. The Bertz CT molecular complexity index is 529. The minimum Gasteiger partial charge on any atom is -0.388 e. The first kappa shape index (κ1) is 15.5. The molecule has 0 spiro atoms. The highest BCUT2D eigenvalue weighted by molar-refractivity contribution is 5.91. The molecule has 0 atom stereocenters. The molecule has 3 rings (SSSR count). The first-order valence-electron chi connectivity index (χ1n) is 8.31. The predicted octanol–water partition coefficient (Wildman–Crippen LogP) is 3.06. The number of benzene rings is 1. The Hall–Kier alpha value is -1.42. The normalized spacial score (nSPS) is 22.6. The van der Waals surface area contributed by atoms with E-state index >= 15 is 0 Å². The van der Waals surface area contributed by atoms with Crippen molar-refractivity contribution in [2.24, 2.45) is 0 Å². The van der Waals surface area contributed by atoms with Crippen molar-refractivity contribution >= 4 is 5.91 Å². The molecule has 1 aromatic carbocycles. The van der Waals surface area contributed by atoms with Crippen LogP contribution in [-0.4, -0.2) is 23.2 Å². The van der Waals surface area contributed by atoms with E-state index < -0.39 is 11.0 Å². The maximum atomic E-state index is 13.0. The smallest absolute Gasteiger partial charge is 0.230 e. The highest BCUT2D eigenvalue weighted by atomic mass is 19.1. The Balaban J connectivity index is 1.63. The second-order valence-electron chi connectivity index (χ2n) is 6.91. The van der Waals surface area contributed by atoms with Gasteiger partial charge in [0, 0.05) is 6.54 Å². The number of halogens is 1. The van der Waals surface area contributed by atoms with Crippen molar-refractivity contribution in [2.75, 3.05) is 6.54 Å². The van der Waals surface area contributed by atoms with Gasteiger partial charge >= 0.3 is 0 Å². The van der Waals surface area contributed by atoms with Crippen molar-refractivity contribution in [1.29, 1.82) is 0 Å². The van der Waals surface area contributed by atoms with Gasteiger partial charge in [0.15, 0.2) is 0 Å². The van der Waals surface area contributed by atoms with Crippen molar-refractivity contribution in [3.8, 4) is 0 Å². The van der Waals surface area contributed by atoms with E-state index in [1.807, 2.05) is 0 Å². The fourth-order valence-corrected chi connectivity index (χ4v) is 3.52. The van der Waals surface area contributed by atoms with Gasteiger partial charge in [0.25, 0.3) is 0 Å². The molecule has 0 aliphatic heterocycles. The van der Waals surface area contributed by atoms with Gasteiger partial charge < -0.3 is 10.4 Å². The molecule has 0 saturated heterocycles. The molecule has 4 heteroatoms. The standard InChI is InChI=1S/C18H24FNO2/c19-15-7-5-14(6-8-15)18(11-12-18)16(21)20-13-17(22)9-3-1-2-4-10-17/h5-8,22H,1-4,9-13H2,(H,20,21). The Labute approximate surface area is 130 Å². The summed E-state index contributed by atoms with van der Waals surface area (Å²) in [5, 5.41) is 13.6. The lowest BCUT2D eigenvalue weighted by Crippen LogP contribution is -2.45. The van der Waals surface area contributed by atoms with Crippen LogP contribution >= 0.6 is 0 Å². The van der Waals surface area contributed by atoms with Gasteiger partial charge in [0.05, 0.1) is 11.0 Å². The molecule has 22 heavy (non-hydrogen) atoms. The van der Waals surface area contributed by atoms with Crippen molar-refractivity contribution in [3.63, 3.8) is 0 Å². The Kier molecular flexibility index (Phi) is 4.22. The molecular weight excluding hydrogens is 281 g/mol. The van der Waals surface area contributed by atoms with Gasteiger partial charge in [0.2, 0.25) is 5.91 Å². The molecule has 0 heterocycles. The Morgan fingerprint density at radius 1 is 1.05 bits per heavy atom. The highest BCUT2D eigenvalue weighted by Gasteiger charge is 2.51. The van der Waals surface area contributed by atoms with Gasteiger partial charge in [-0.15, -0.1) is 0 Å². The Morgan fingerprint density at radius 3 is 2.18 bits per heavy atom. The molecule has 2 saturated carbocycles. The van der Waals surface area contributed by atoms with E-state index in [4.69, 9.17) is 0 Å². The summed E-state index contributed by atoms with van der Waals surface area (Å²) in [6.45, 7) is 0.328. The SMILES string of the molecule is O=C(NCC1(O)CCCCCC1)C1(c2ccc(F)cc2)CC1. The number of carbonyl (C=O) groups excluding carboxylic acids is 1. The van der Waals surface area contributed by atoms with E-state index in [-0.39, 0.29) is 11.7 Å². The maximum Gasteiger partial charge on any atom is 0.230 e. The van der Waals surface area contributed by atoms with E-state index in [2.05, 4.69) is 5.32 Å². The van der Waals surface area contributed by atoms with Crippen LogP contribution in [-0.2, 0) is 10.2 Å². The molecule has 3 nitrogen and oxygen atoms in total. The summed E-state index contributed by atoms with van der Waals surface area (Å²) in [6, 6.07) is 6.20. The summed E-state index contributed by atoms with van der Waals surface area (Å²) in [4.78, 5) is 12.6. The highest BCUT2D eigenvalue weighted by Crippen LogP contribution is 2.48. The molecule has 2 aliphatic carbocycles. The van der Waals surface area contributed by atoms with Crippen LogP contribution in [0.25, 0.3) is 0 Å². The van der Waals surface area contributed by atoms with Crippen LogP contribution in [0, 0.1) is 5.82 Å². The molecule has 1 aromatic rings. The third-order valence-corrected chi connectivity index (χ3v) is 5.19. The number of aliphatic hydroxyl groups is 1. The lowest BCUT2D eigenvalue weighted by atomic mass is 9.92.